The van der Waals surface area contributed by atoms with Gasteiger partial charge in [0.05, 0.1) is 11.1 Å². The summed E-state index contributed by atoms with van der Waals surface area (Å²) in [4.78, 5) is 17.5. The average molecular weight is 606 g/mol. The standard InChI is InChI=1S/C29H29F6N7O/c1-40-24-5-3-2-4-22(24)23(25(40)26(43)41(13-17-6-7-17)14-18-8-9-18)16-42(27-36-38-39-37-27)15-19-10-20(28(30,31)32)12-21(11-19)29(33,34)35/h2-5,10-12,17-18H,6-9,13-16H2,1H3,(H,36,37,38,39). The minimum Gasteiger partial charge on any atom is -0.339 e. The van der Waals surface area contributed by atoms with Crippen LogP contribution < -0.4 is 4.90 Å². The Morgan fingerprint density at radius 3 is 2.07 bits per heavy atom. The molecule has 2 saturated carbocycles. The van der Waals surface area contributed by atoms with Gasteiger partial charge in [-0.2, -0.15) is 31.6 Å². The van der Waals surface area contributed by atoms with Crippen molar-refractivity contribution >= 4 is 22.8 Å². The second-order valence-corrected chi connectivity index (χ2v) is 11.5. The van der Waals surface area contributed by atoms with E-state index in [2.05, 4.69) is 20.6 Å². The van der Waals surface area contributed by atoms with E-state index < -0.39 is 30.0 Å². The summed E-state index contributed by atoms with van der Waals surface area (Å²) in [5.41, 5.74) is -1.32. The Morgan fingerprint density at radius 1 is 0.930 bits per heavy atom. The minimum atomic E-state index is -4.99. The molecule has 228 valence electrons. The number of nitrogens with one attached hydrogen (secondary N) is 1. The van der Waals surface area contributed by atoms with Crippen LogP contribution in [-0.2, 0) is 32.5 Å². The van der Waals surface area contributed by atoms with Crippen LogP contribution in [0.5, 0.6) is 0 Å². The minimum absolute atomic E-state index is 0.0369. The smallest absolute Gasteiger partial charge is 0.339 e. The number of tetrazole rings is 1. The van der Waals surface area contributed by atoms with Gasteiger partial charge in [-0.15, -0.1) is 5.10 Å². The summed E-state index contributed by atoms with van der Waals surface area (Å²) in [7, 11) is 1.78. The van der Waals surface area contributed by atoms with E-state index in [-0.39, 0.29) is 30.0 Å². The molecule has 0 bridgehead atoms. The van der Waals surface area contributed by atoms with Crippen LogP contribution in [0.1, 0.15) is 58.4 Å². The summed E-state index contributed by atoms with van der Waals surface area (Å²) in [6.07, 6.45) is -5.71. The van der Waals surface area contributed by atoms with Gasteiger partial charge in [-0.1, -0.05) is 23.3 Å². The highest BCUT2D eigenvalue weighted by Crippen LogP contribution is 2.38. The Bertz CT molecular complexity index is 1570. The number of H-pyrrole nitrogens is 1. The monoisotopic (exact) mass is 605 g/mol. The van der Waals surface area contributed by atoms with Crippen molar-refractivity contribution in [3.63, 3.8) is 0 Å². The molecule has 0 aliphatic heterocycles. The molecular weight excluding hydrogens is 576 g/mol. The van der Waals surface area contributed by atoms with Crippen LogP contribution in [0.2, 0.25) is 0 Å². The molecule has 6 rings (SSSR count). The van der Waals surface area contributed by atoms with Gasteiger partial charge in [0.15, 0.2) is 0 Å². The fourth-order valence-electron chi connectivity index (χ4n) is 5.53. The molecule has 43 heavy (non-hydrogen) atoms. The molecule has 0 radical (unpaired) electrons. The van der Waals surface area contributed by atoms with Crippen LogP contribution >= 0.6 is 0 Å². The van der Waals surface area contributed by atoms with Gasteiger partial charge in [-0.05, 0) is 72.6 Å². The van der Waals surface area contributed by atoms with Crippen molar-refractivity contribution in [2.45, 2.75) is 51.1 Å². The predicted molar refractivity (Wildman–Crippen MR) is 145 cm³/mol. The van der Waals surface area contributed by atoms with Crippen LogP contribution in [0.4, 0.5) is 32.3 Å². The van der Waals surface area contributed by atoms with Gasteiger partial charge in [0, 0.05) is 49.7 Å². The predicted octanol–water partition coefficient (Wildman–Crippen LogP) is 6.20. The van der Waals surface area contributed by atoms with Gasteiger partial charge in [-0.3, -0.25) is 4.79 Å². The summed E-state index contributed by atoms with van der Waals surface area (Å²) in [6.45, 7) is 0.822. The van der Waals surface area contributed by atoms with E-state index in [9.17, 15) is 31.1 Å². The normalized spacial score (nSPS) is 15.7. The van der Waals surface area contributed by atoms with Crippen LogP contribution in [0, 0.1) is 11.8 Å². The maximum absolute atomic E-state index is 14.2. The van der Waals surface area contributed by atoms with Crippen molar-refractivity contribution in [1.29, 1.82) is 0 Å². The Kier molecular flexibility index (Phi) is 7.33. The fraction of sp³-hybridized carbons (Fsp3) is 0.448. The summed E-state index contributed by atoms with van der Waals surface area (Å²) in [6, 6.07) is 8.82. The Morgan fingerprint density at radius 2 is 1.53 bits per heavy atom. The molecule has 1 amide bonds. The number of anilines is 1. The molecule has 0 atom stereocenters. The molecular formula is C29H29F6N7O. The van der Waals surface area contributed by atoms with Gasteiger partial charge in [0.1, 0.15) is 5.69 Å². The summed E-state index contributed by atoms with van der Waals surface area (Å²) < 4.78 is 83.5. The van der Waals surface area contributed by atoms with E-state index in [0.717, 1.165) is 36.6 Å². The number of aromatic amines is 1. The average Bonchev–Trinajstić information content (AvgIpc) is 3.87. The van der Waals surface area contributed by atoms with E-state index in [4.69, 9.17) is 0 Å². The zero-order chi connectivity index (χ0) is 30.5. The lowest BCUT2D eigenvalue weighted by molar-refractivity contribution is -0.143. The second kappa shape index (κ2) is 10.9. The number of para-hydroxylation sites is 1. The zero-order valence-corrected chi connectivity index (χ0v) is 23.2. The fourth-order valence-corrected chi connectivity index (χ4v) is 5.53. The third kappa shape index (κ3) is 6.32. The van der Waals surface area contributed by atoms with E-state index in [0.29, 0.717) is 48.3 Å². The first kappa shape index (κ1) is 29.0. The molecule has 2 heterocycles. The molecule has 0 spiro atoms. The second-order valence-electron chi connectivity index (χ2n) is 11.5. The first-order chi connectivity index (χ1) is 20.4. The van der Waals surface area contributed by atoms with Crippen molar-refractivity contribution in [3.05, 3.63) is 70.4 Å². The first-order valence-corrected chi connectivity index (χ1v) is 14.0. The number of halogens is 6. The summed E-state index contributed by atoms with van der Waals surface area (Å²) >= 11 is 0. The van der Waals surface area contributed by atoms with Gasteiger partial charge in [0.25, 0.3) is 11.9 Å². The number of carbonyl (C=O) groups excluding carboxylic acids is 1. The van der Waals surface area contributed by atoms with Crippen LogP contribution in [0.15, 0.2) is 42.5 Å². The lowest BCUT2D eigenvalue weighted by Gasteiger charge is -2.26. The topological polar surface area (TPSA) is 82.9 Å². The van der Waals surface area contributed by atoms with Gasteiger partial charge < -0.3 is 14.4 Å². The van der Waals surface area contributed by atoms with Gasteiger partial charge in [-0.25, -0.2) is 0 Å². The maximum Gasteiger partial charge on any atom is 0.416 e. The quantitative estimate of drug-likeness (QED) is 0.218. The summed E-state index contributed by atoms with van der Waals surface area (Å²) in [5, 5.41) is 14.5. The number of amides is 1. The third-order valence-electron chi connectivity index (χ3n) is 8.04. The van der Waals surface area contributed by atoms with Crippen molar-refractivity contribution in [2.75, 3.05) is 18.0 Å². The number of hydrogen-bond donors (Lipinski definition) is 1. The maximum atomic E-state index is 14.2. The van der Waals surface area contributed by atoms with E-state index >= 15 is 0 Å². The SMILES string of the molecule is Cn1c(C(=O)N(CC2CC2)CC2CC2)c(CN(Cc2cc(C(F)(F)F)cc(C(F)(F)F)c2)c2nn[nH]n2)c2ccccc21. The van der Waals surface area contributed by atoms with Crippen molar-refractivity contribution in [1.82, 2.24) is 30.1 Å². The lowest BCUT2D eigenvalue weighted by Crippen LogP contribution is -2.37. The number of rotatable bonds is 10. The van der Waals surface area contributed by atoms with E-state index in [1.54, 1.807) is 11.6 Å². The number of benzene rings is 2. The third-order valence-corrected chi connectivity index (χ3v) is 8.04. The summed E-state index contributed by atoms with van der Waals surface area (Å²) in [5.74, 6) is 0.727. The van der Waals surface area contributed by atoms with Gasteiger partial charge in [0.2, 0.25) is 0 Å². The molecule has 8 nitrogen and oxygen atoms in total. The highest BCUT2D eigenvalue weighted by molar-refractivity contribution is 6.02. The zero-order valence-electron chi connectivity index (χ0n) is 23.2. The Labute approximate surface area is 242 Å². The molecule has 2 aromatic carbocycles. The largest absolute Gasteiger partial charge is 0.416 e. The molecule has 0 saturated heterocycles. The van der Waals surface area contributed by atoms with Crippen molar-refractivity contribution in [2.24, 2.45) is 18.9 Å². The molecule has 0 unspecified atom stereocenters. The molecule has 14 heteroatoms. The number of hydrogen-bond acceptors (Lipinski definition) is 5. The number of alkyl halides is 6. The Hall–Kier alpha value is -4.10. The number of aromatic nitrogens is 5. The highest BCUT2D eigenvalue weighted by Gasteiger charge is 2.38. The number of aryl methyl sites for hydroxylation is 1. The Balaban J connectivity index is 1.42. The number of carbonyl (C=O) groups is 1. The van der Waals surface area contributed by atoms with Crippen LogP contribution in [0.3, 0.4) is 0 Å². The van der Waals surface area contributed by atoms with Crippen LogP contribution in [-0.4, -0.2) is 49.1 Å². The van der Waals surface area contributed by atoms with Gasteiger partial charge >= 0.3 is 12.4 Å². The molecule has 2 aliphatic carbocycles. The molecule has 2 aliphatic rings. The van der Waals surface area contributed by atoms with Crippen molar-refractivity contribution in [3.8, 4) is 0 Å². The first-order valence-electron chi connectivity index (χ1n) is 14.0. The van der Waals surface area contributed by atoms with E-state index in [1.807, 2.05) is 29.2 Å². The molecule has 2 fully saturated rings. The van der Waals surface area contributed by atoms with Crippen molar-refractivity contribution < 1.29 is 31.1 Å². The number of fused-ring (bicyclic) bond motifs is 1. The number of nitrogens with zero attached hydrogens (tertiary/aromatic N) is 6. The molecule has 4 aromatic rings. The lowest BCUT2D eigenvalue weighted by atomic mass is 10.0. The molecule has 1 N–H and O–H groups in total. The highest BCUT2D eigenvalue weighted by atomic mass is 19.4. The van der Waals surface area contributed by atoms with Crippen LogP contribution in [0.25, 0.3) is 10.9 Å². The van der Waals surface area contributed by atoms with E-state index in [1.165, 1.54) is 4.90 Å². The molecule has 2 aromatic heterocycles.